The maximum Gasteiger partial charge on any atom is 0.318 e. The van der Waals surface area contributed by atoms with Crippen molar-refractivity contribution in [3.8, 4) is 0 Å². The average Bonchev–Trinajstić information content (AvgIpc) is 2.77. The molecule has 1 fully saturated rings. The fraction of sp³-hybridized carbons (Fsp3) is 0.533. The van der Waals surface area contributed by atoms with Crippen molar-refractivity contribution in [1.29, 1.82) is 0 Å². The van der Waals surface area contributed by atoms with Crippen LogP contribution in [0.3, 0.4) is 0 Å². The number of nitrogens with zero attached hydrogens (tertiary/aromatic N) is 1. The first kappa shape index (κ1) is 12.9. The molecule has 98 valence electrons. The number of aryl methyl sites for hydroxylation is 1. The van der Waals surface area contributed by atoms with Crippen LogP contribution in [0.2, 0.25) is 0 Å². The highest BCUT2D eigenvalue weighted by Gasteiger charge is 2.30. The number of rotatable bonds is 2. The van der Waals surface area contributed by atoms with Crippen molar-refractivity contribution in [3.63, 3.8) is 0 Å². The molecule has 1 aromatic rings. The minimum atomic E-state index is 0.0655. The molecule has 1 unspecified atom stereocenters. The molecule has 18 heavy (non-hydrogen) atoms. The SMILES string of the molecule is Cc1ccccc1C1CCCN1C(=O)NC(C)C. The molecule has 1 atom stereocenters. The summed E-state index contributed by atoms with van der Waals surface area (Å²) < 4.78 is 0. The van der Waals surface area contributed by atoms with E-state index in [1.165, 1.54) is 11.1 Å². The maximum atomic E-state index is 12.2. The van der Waals surface area contributed by atoms with Gasteiger partial charge >= 0.3 is 6.03 Å². The monoisotopic (exact) mass is 246 g/mol. The van der Waals surface area contributed by atoms with Gasteiger partial charge in [-0.05, 0) is 44.7 Å². The van der Waals surface area contributed by atoms with Gasteiger partial charge in [0, 0.05) is 12.6 Å². The molecule has 2 rings (SSSR count). The molecule has 1 N–H and O–H groups in total. The zero-order chi connectivity index (χ0) is 13.1. The van der Waals surface area contributed by atoms with Crippen molar-refractivity contribution in [3.05, 3.63) is 35.4 Å². The summed E-state index contributed by atoms with van der Waals surface area (Å²) in [4.78, 5) is 14.1. The molecule has 0 radical (unpaired) electrons. The Bertz CT molecular complexity index is 428. The van der Waals surface area contributed by atoms with Crippen LogP contribution < -0.4 is 5.32 Å². The van der Waals surface area contributed by atoms with E-state index in [1.807, 2.05) is 24.8 Å². The first-order chi connectivity index (χ1) is 8.59. The molecular formula is C15H22N2O. The van der Waals surface area contributed by atoms with E-state index in [4.69, 9.17) is 0 Å². The van der Waals surface area contributed by atoms with Crippen LogP contribution in [0.4, 0.5) is 4.79 Å². The summed E-state index contributed by atoms with van der Waals surface area (Å²) in [5.41, 5.74) is 2.56. The van der Waals surface area contributed by atoms with Crippen LogP contribution in [0.25, 0.3) is 0 Å². The second-order valence-electron chi connectivity index (χ2n) is 5.31. The van der Waals surface area contributed by atoms with Crippen molar-refractivity contribution in [1.82, 2.24) is 10.2 Å². The third-order valence-corrected chi connectivity index (χ3v) is 3.47. The molecule has 3 heteroatoms. The van der Waals surface area contributed by atoms with Crippen LogP contribution in [-0.4, -0.2) is 23.5 Å². The number of urea groups is 1. The number of benzene rings is 1. The fourth-order valence-corrected chi connectivity index (χ4v) is 2.62. The highest BCUT2D eigenvalue weighted by molar-refractivity contribution is 5.75. The molecule has 1 aliphatic heterocycles. The van der Waals surface area contributed by atoms with Gasteiger partial charge in [-0.3, -0.25) is 0 Å². The minimum absolute atomic E-state index is 0.0655. The minimum Gasteiger partial charge on any atom is -0.336 e. The number of amides is 2. The molecule has 0 bridgehead atoms. The van der Waals surface area contributed by atoms with Crippen LogP contribution in [0.5, 0.6) is 0 Å². The highest BCUT2D eigenvalue weighted by Crippen LogP contribution is 2.33. The molecule has 0 saturated carbocycles. The van der Waals surface area contributed by atoms with Crippen LogP contribution in [0.1, 0.15) is 43.9 Å². The van der Waals surface area contributed by atoms with E-state index in [-0.39, 0.29) is 18.1 Å². The first-order valence-corrected chi connectivity index (χ1v) is 6.72. The van der Waals surface area contributed by atoms with Crippen LogP contribution in [-0.2, 0) is 0 Å². The Morgan fingerprint density at radius 2 is 2.11 bits per heavy atom. The molecule has 0 spiro atoms. The summed E-state index contributed by atoms with van der Waals surface area (Å²) in [6.45, 7) is 6.97. The van der Waals surface area contributed by atoms with Crippen molar-refractivity contribution in [2.45, 2.75) is 45.7 Å². The Kier molecular flexibility index (Phi) is 3.90. The fourth-order valence-electron chi connectivity index (χ4n) is 2.62. The molecule has 3 nitrogen and oxygen atoms in total. The van der Waals surface area contributed by atoms with E-state index in [0.717, 1.165) is 19.4 Å². The molecule has 1 saturated heterocycles. The van der Waals surface area contributed by atoms with Gasteiger partial charge in [-0.1, -0.05) is 24.3 Å². The third kappa shape index (κ3) is 2.66. The Morgan fingerprint density at radius 1 is 1.39 bits per heavy atom. The van der Waals surface area contributed by atoms with E-state index in [1.54, 1.807) is 0 Å². The Hall–Kier alpha value is -1.51. The van der Waals surface area contributed by atoms with Gasteiger partial charge in [-0.2, -0.15) is 0 Å². The summed E-state index contributed by atoms with van der Waals surface area (Å²) in [5.74, 6) is 0. The van der Waals surface area contributed by atoms with E-state index in [2.05, 4.69) is 30.4 Å². The van der Waals surface area contributed by atoms with Crippen molar-refractivity contribution >= 4 is 6.03 Å². The standard InChI is InChI=1S/C15H22N2O/c1-11(2)16-15(18)17-10-6-9-14(17)13-8-5-4-7-12(13)3/h4-5,7-8,11,14H,6,9-10H2,1-3H3,(H,16,18). The van der Waals surface area contributed by atoms with Gasteiger partial charge < -0.3 is 10.2 Å². The topological polar surface area (TPSA) is 32.3 Å². The lowest BCUT2D eigenvalue weighted by atomic mass is 9.99. The van der Waals surface area contributed by atoms with Gasteiger partial charge in [0.05, 0.1) is 6.04 Å². The van der Waals surface area contributed by atoms with Gasteiger partial charge in [0.2, 0.25) is 0 Å². The zero-order valence-electron chi connectivity index (χ0n) is 11.4. The molecule has 0 aliphatic carbocycles. The quantitative estimate of drug-likeness (QED) is 0.853. The first-order valence-electron chi connectivity index (χ1n) is 6.72. The predicted molar refractivity (Wildman–Crippen MR) is 73.5 cm³/mol. The normalized spacial score (nSPS) is 19.3. The van der Waals surface area contributed by atoms with Crippen molar-refractivity contribution < 1.29 is 4.79 Å². The second kappa shape index (κ2) is 5.42. The van der Waals surface area contributed by atoms with E-state index >= 15 is 0 Å². The molecule has 2 amide bonds. The molecule has 1 aromatic carbocycles. The number of hydrogen-bond donors (Lipinski definition) is 1. The summed E-state index contributed by atoms with van der Waals surface area (Å²) in [6, 6.07) is 8.86. The van der Waals surface area contributed by atoms with Gasteiger partial charge in [0.1, 0.15) is 0 Å². The van der Waals surface area contributed by atoms with Gasteiger partial charge in [-0.25, -0.2) is 4.79 Å². The number of carbonyl (C=O) groups excluding carboxylic acids is 1. The number of nitrogens with one attached hydrogen (secondary N) is 1. The lowest BCUT2D eigenvalue weighted by Crippen LogP contribution is -2.42. The summed E-state index contributed by atoms with van der Waals surface area (Å²) in [6.07, 6.45) is 2.15. The highest BCUT2D eigenvalue weighted by atomic mass is 16.2. The van der Waals surface area contributed by atoms with Crippen molar-refractivity contribution in [2.24, 2.45) is 0 Å². The van der Waals surface area contributed by atoms with Crippen LogP contribution in [0, 0.1) is 6.92 Å². The van der Waals surface area contributed by atoms with E-state index < -0.39 is 0 Å². The lowest BCUT2D eigenvalue weighted by Gasteiger charge is -2.27. The third-order valence-electron chi connectivity index (χ3n) is 3.47. The zero-order valence-corrected chi connectivity index (χ0v) is 11.4. The molecule has 1 heterocycles. The van der Waals surface area contributed by atoms with Gasteiger partial charge in [-0.15, -0.1) is 0 Å². The summed E-state index contributed by atoms with van der Waals surface area (Å²) in [5, 5.41) is 2.99. The lowest BCUT2D eigenvalue weighted by molar-refractivity contribution is 0.190. The van der Waals surface area contributed by atoms with E-state index in [0.29, 0.717) is 0 Å². The predicted octanol–water partition coefficient (Wildman–Crippen LogP) is 3.25. The van der Waals surface area contributed by atoms with Crippen LogP contribution in [0.15, 0.2) is 24.3 Å². The Morgan fingerprint density at radius 3 is 2.78 bits per heavy atom. The molecule has 1 aliphatic rings. The number of hydrogen-bond acceptors (Lipinski definition) is 1. The largest absolute Gasteiger partial charge is 0.336 e. The van der Waals surface area contributed by atoms with Gasteiger partial charge in [0.15, 0.2) is 0 Å². The summed E-state index contributed by atoms with van der Waals surface area (Å²) >= 11 is 0. The van der Waals surface area contributed by atoms with Crippen molar-refractivity contribution in [2.75, 3.05) is 6.54 Å². The average molecular weight is 246 g/mol. The molecular weight excluding hydrogens is 224 g/mol. The summed E-state index contributed by atoms with van der Waals surface area (Å²) in [7, 11) is 0. The number of carbonyl (C=O) groups is 1. The van der Waals surface area contributed by atoms with Gasteiger partial charge in [0.25, 0.3) is 0 Å². The molecule has 0 aromatic heterocycles. The smallest absolute Gasteiger partial charge is 0.318 e. The maximum absolute atomic E-state index is 12.2. The second-order valence-corrected chi connectivity index (χ2v) is 5.31. The number of likely N-dealkylation sites (tertiary alicyclic amines) is 1. The Balaban J connectivity index is 2.18. The Labute approximate surface area is 109 Å². The van der Waals surface area contributed by atoms with Crippen LogP contribution >= 0.6 is 0 Å². The van der Waals surface area contributed by atoms with E-state index in [9.17, 15) is 4.79 Å².